The summed E-state index contributed by atoms with van der Waals surface area (Å²) in [5.74, 6) is -1.28. The summed E-state index contributed by atoms with van der Waals surface area (Å²) in [6, 6.07) is 0. The second-order valence-corrected chi connectivity index (χ2v) is 4.28. The molecule has 0 heterocycles. The monoisotopic (exact) mass is 278 g/mol. The van der Waals surface area contributed by atoms with E-state index in [-0.39, 0.29) is 25.9 Å². The summed E-state index contributed by atoms with van der Waals surface area (Å²) < 4.78 is 4.87. The van der Waals surface area contributed by atoms with Gasteiger partial charge in [-0.05, 0) is 25.7 Å². The number of hydrogen-bond donors (Lipinski definition) is 4. The number of aliphatic hydroxyl groups is 3. The van der Waals surface area contributed by atoms with E-state index in [4.69, 9.17) is 20.1 Å². The lowest BCUT2D eigenvalue weighted by Gasteiger charge is -2.14. The fraction of sp³-hybridized carbons (Fsp3) is 0.833. The van der Waals surface area contributed by atoms with E-state index in [9.17, 15) is 14.7 Å². The van der Waals surface area contributed by atoms with E-state index in [0.29, 0.717) is 19.3 Å². The molecule has 0 aliphatic rings. The quantitative estimate of drug-likeness (QED) is 0.301. The van der Waals surface area contributed by atoms with Crippen LogP contribution in [0, 0.1) is 0 Å². The molecule has 0 aromatic carbocycles. The zero-order chi connectivity index (χ0) is 14.7. The van der Waals surface area contributed by atoms with Gasteiger partial charge in [0.25, 0.3) is 0 Å². The molecule has 0 aliphatic carbocycles. The van der Waals surface area contributed by atoms with Gasteiger partial charge >= 0.3 is 11.9 Å². The van der Waals surface area contributed by atoms with Crippen LogP contribution in [0.4, 0.5) is 0 Å². The molecule has 4 N–H and O–H groups in total. The molecule has 112 valence electrons. The van der Waals surface area contributed by atoms with Crippen LogP contribution in [-0.4, -0.2) is 57.8 Å². The van der Waals surface area contributed by atoms with Crippen LogP contribution in [0.2, 0.25) is 0 Å². The molecule has 0 radical (unpaired) electrons. The van der Waals surface area contributed by atoms with Crippen LogP contribution in [-0.2, 0) is 14.3 Å². The van der Waals surface area contributed by atoms with Crippen LogP contribution in [0.25, 0.3) is 0 Å². The van der Waals surface area contributed by atoms with Gasteiger partial charge in [0.15, 0.2) is 0 Å². The number of hydrogen-bond acceptors (Lipinski definition) is 6. The molecule has 0 bridgehead atoms. The highest BCUT2D eigenvalue weighted by atomic mass is 16.5. The minimum absolute atomic E-state index is 0.0402. The predicted octanol–water partition coefficient (Wildman–Crippen LogP) is -0.331. The number of esters is 1. The minimum atomic E-state index is -1.17. The van der Waals surface area contributed by atoms with Crippen molar-refractivity contribution in [3.63, 3.8) is 0 Å². The molecule has 0 aromatic heterocycles. The summed E-state index contributed by atoms with van der Waals surface area (Å²) in [5, 5.41) is 35.3. The summed E-state index contributed by atoms with van der Waals surface area (Å²) in [6.45, 7) is -0.377. The van der Waals surface area contributed by atoms with Crippen LogP contribution in [0.1, 0.15) is 38.5 Å². The normalized spacial score (nSPS) is 13.8. The van der Waals surface area contributed by atoms with Crippen molar-refractivity contribution < 1.29 is 34.8 Å². The minimum Gasteiger partial charge on any atom is -0.481 e. The molecule has 0 amide bonds. The number of aliphatic hydroxyl groups excluding tert-OH is 3. The number of carboxylic acids is 1. The van der Waals surface area contributed by atoms with Gasteiger partial charge in [-0.15, -0.1) is 0 Å². The zero-order valence-corrected chi connectivity index (χ0v) is 10.8. The average molecular weight is 278 g/mol. The largest absolute Gasteiger partial charge is 0.481 e. The van der Waals surface area contributed by atoms with Crippen molar-refractivity contribution in [1.82, 2.24) is 0 Å². The zero-order valence-electron chi connectivity index (χ0n) is 10.8. The molecule has 0 saturated heterocycles. The molecular formula is C12H22O7. The second-order valence-electron chi connectivity index (χ2n) is 4.28. The van der Waals surface area contributed by atoms with Crippen LogP contribution in [0.15, 0.2) is 0 Å². The Morgan fingerprint density at radius 1 is 1.00 bits per heavy atom. The highest BCUT2D eigenvalue weighted by Gasteiger charge is 2.14. The summed E-state index contributed by atoms with van der Waals surface area (Å²) in [6.07, 6.45) is -0.463. The number of aliphatic carboxylic acids is 1. The van der Waals surface area contributed by atoms with E-state index in [2.05, 4.69) is 0 Å². The van der Waals surface area contributed by atoms with Crippen LogP contribution >= 0.6 is 0 Å². The third kappa shape index (κ3) is 10.4. The first-order valence-electron chi connectivity index (χ1n) is 6.31. The molecule has 2 atom stereocenters. The Kier molecular flexibility index (Phi) is 10.1. The van der Waals surface area contributed by atoms with Gasteiger partial charge in [-0.3, -0.25) is 9.59 Å². The molecule has 0 spiro atoms. The molecule has 0 saturated carbocycles. The lowest BCUT2D eigenvalue weighted by Crippen LogP contribution is -2.29. The molecule has 7 heteroatoms. The molecule has 0 aliphatic heterocycles. The predicted molar refractivity (Wildman–Crippen MR) is 65.4 cm³/mol. The van der Waals surface area contributed by atoms with Crippen molar-refractivity contribution in [2.75, 3.05) is 13.2 Å². The van der Waals surface area contributed by atoms with Crippen molar-refractivity contribution in [3.05, 3.63) is 0 Å². The smallest absolute Gasteiger partial charge is 0.305 e. The molecule has 7 nitrogen and oxygen atoms in total. The van der Waals surface area contributed by atoms with Gasteiger partial charge in [-0.1, -0.05) is 0 Å². The first-order valence-corrected chi connectivity index (χ1v) is 6.31. The van der Waals surface area contributed by atoms with Crippen molar-refractivity contribution in [2.24, 2.45) is 0 Å². The average Bonchev–Trinajstić information content (AvgIpc) is 2.38. The fourth-order valence-corrected chi connectivity index (χ4v) is 1.41. The van der Waals surface area contributed by atoms with E-state index in [1.807, 2.05) is 0 Å². The standard InChI is InChI=1S/C12H22O7/c13-8-10(15)9(14)4-3-7-19-12(18)6-2-1-5-11(16)17/h9-10,13-15H,1-8H2,(H,16,17). The molecular weight excluding hydrogens is 256 g/mol. The summed E-state index contributed by atoms with van der Waals surface area (Å²) in [5.41, 5.74) is 0. The maximum absolute atomic E-state index is 11.2. The van der Waals surface area contributed by atoms with Crippen molar-refractivity contribution in [2.45, 2.75) is 50.7 Å². The van der Waals surface area contributed by atoms with Gasteiger partial charge in [0.1, 0.15) is 6.10 Å². The Hall–Kier alpha value is -1.18. The molecule has 19 heavy (non-hydrogen) atoms. The van der Waals surface area contributed by atoms with Gasteiger partial charge in [0, 0.05) is 12.8 Å². The number of carbonyl (C=O) groups is 2. The summed E-state index contributed by atoms with van der Waals surface area (Å²) in [4.78, 5) is 21.4. The second kappa shape index (κ2) is 10.7. The fourth-order valence-electron chi connectivity index (χ4n) is 1.41. The summed E-state index contributed by atoms with van der Waals surface area (Å²) in [7, 11) is 0. The van der Waals surface area contributed by atoms with E-state index in [1.54, 1.807) is 0 Å². The molecule has 0 rings (SSSR count). The van der Waals surface area contributed by atoms with Gasteiger partial charge in [-0.25, -0.2) is 0 Å². The number of ether oxygens (including phenoxy) is 1. The van der Waals surface area contributed by atoms with Gasteiger partial charge in [0.05, 0.1) is 19.3 Å². The van der Waals surface area contributed by atoms with Gasteiger partial charge in [0.2, 0.25) is 0 Å². The first kappa shape index (κ1) is 17.8. The third-order valence-corrected chi connectivity index (χ3v) is 2.56. The topological polar surface area (TPSA) is 124 Å². The molecule has 2 unspecified atom stereocenters. The Morgan fingerprint density at radius 2 is 1.63 bits per heavy atom. The van der Waals surface area contributed by atoms with Crippen molar-refractivity contribution in [1.29, 1.82) is 0 Å². The number of rotatable bonds is 11. The lowest BCUT2D eigenvalue weighted by atomic mass is 10.1. The summed E-state index contributed by atoms with van der Waals surface area (Å²) >= 11 is 0. The molecule has 0 aromatic rings. The Labute approximate surface area is 111 Å². The number of unbranched alkanes of at least 4 members (excludes halogenated alkanes) is 1. The SMILES string of the molecule is O=C(O)CCCCC(=O)OCCCC(O)C(O)CO. The maximum atomic E-state index is 11.2. The first-order chi connectivity index (χ1) is 8.97. The van der Waals surface area contributed by atoms with Gasteiger partial charge in [-0.2, -0.15) is 0 Å². The Balaban J connectivity index is 3.45. The highest BCUT2D eigenvalue weighted by molar-refractivity contribution is 5.69. The maximum Gasteiger partial charge on any atom is 0.305 e. The van der Waals surface area contributed by atoms with E-state index in [1.165, 1.54) is 0 Å². The lowest BCUT2D eigenvalue weighted by molar-refractivity contribution is -0.144. The third-order valence-electron chi connectivity index (χ3n) is 2.56. The number of carbonyl (C=O) groups excluding carboxylic acids is 1. The van der Waals surface area contributed by atoms with E-state index < -0.39 is 30.8 Å². The van der Waals surface area contributed by atoms with Crippen LogP contribution < -0.4 is 0 Å². The Morgan fingerprint density at radius 3 is 2.21 bits per heavy atom. The highest BCUT2D eigenvalue weighted by Crippen LogP contribution is 2.05. The van der Waals surface area contributed by atoms with Crippen LogP contribution in [0.5, 0.6) is 0 Å². The van der Waals surface area contributed by atoms with Crippen molar-refractivity contribution in [3.8, 4) is 0 Å². The van der Waals surface area contributed by atoms with Crippen molar-refractivity contribution >= 4 is 11.9 Å². The Bertz CT molecular complexity index is 267. The number of carboxylic acid groups (broad SMARTS) is 1. The van der Waals surface area contributed by atoms with Crippen LogP contribution in [0.3, 0.4) is 0 Å². The van der Waals surface area contributed by atoms with Gasteiger partial charge < -0.3 is 25.2 Å². The van der Waals surface area contributed by atoms with E-state index >= 15 is 0 Å². The molecule has 0 fully saturated rings. The van der Waals surface area contributed by atoms with E-state index in [0.717, 1.165) is 0 Å².